The largest absolute Gasteiger partial charge is 0.399 e. The molecule has 0 saturated carbocycles. The van der Waals surface area contributed by atoms with E-state index < -0.39 is 0 Å². The summed E-state index contributed by atoms with van der Waals surface area (Å²) >= 11 is 0. The second kappa shape index (κ2) is 5.77. The van der Waals surface area contributed by atoms with E-state index in [-0.39, 0.29) is 11.9 Å². The van der Waals surface area contributed by atoms with Gasteiger partial charge in [0.2, 0.25) is 0 Å². The highest BCUT2D eigenvalue weighted by Gasteiger charge is 2.22. The van der Waals surface area contributed by atoms with Gasteiger partial charge in [-0.25, -0.2) is 0 Å². The molecule has 1 atom stereocenters. The number of amides is 1. The number of anilines is 1. The van der Waals surface area contributed by atoms with Crippen molar-refractivity contribution in [3.63, 3.8) is 0 Å². The van der Waals surface area contributed by atoms with Gasteiger partial charge in [0.05, 0.1) is 0 Å². The minimum atomic E-state index is -0.0660. The van der Waals surface area contributed by atoms with E-state index in [1.165, 1.54) is 0 Å². The Kier molecular flexibility index (Phi) is 3.84. The fourth-order valence-corrected chi connectivity index (χ4v) is 2.89. The molecule has 1 fully saturated rings. The molecule has 1 amide bonds. The number of nitrogen functional groups attached to an aromatic ring is 1. The third kappa shape index (κ3) is 3.03. The Labute approximate surface area is 123 Å². The molecule has 5 heteroatoms. The summed E-state index contributed by atoms with van der Waals surface area (Å²) in [6.07, 6.45) is 2.01. The molecule has 1 unspecified atom stereocenters. The van der Waals surface area contributed by atoms with Crippen molar-refractivity contribution < 1.29 is 9.53 Å². The average molecular weight is 287 g/mol. The molecule has 0 aliphatic carbocycles. The van der Waals surface area contributed by atoms with Crippen LogP contribution in [0, 0.1) is 5.92 Å². The van der Waals surface area contributed by atoms with Crippen molar-refractivity contribution in [2.24, 2.45) is 5.92 Å². The van der Waals surface area contributed by atoms with Crippen molar-refractivity contribution in [2.45, 2.75) is 25.8 Å². The van der Waals surface area contributed by atoms with Crippen LogP contribution in [0.25, 0.3) is 10.9 Å². The number of hydrogen-bond acceptors (Lipinski definition) is 3. The number of H-pyrrole nitrogens is 1. The smallest absolute Gasteiger partial charge is 0.267 e. The number of carbonyl (C=O) groups is 1. The van der Waals surface area contributed by atoms with Gasteiger partial charge in [0.25, 0.3) is 5.91 Å². The van der Waals surface area contributed by atoms with E-state index in [4.69, 9.17) is 10.5 Å². The number of carbonyl (C=O) groups excluding carboxylic acids is 1. The number of fused-ring (bicyclic) bond motifs is 1. The van der Waals surface area contributed by atoms with E-state index in [9.17, 15) is 4.79 Å². The van der Waals surface area contributed by atoms with Crippen LogP contribution in [0.5, 0.6) is 0 Å². The Hall–Kier alpha value is -2.01. The van der Waals surface area contributed by atoms with Crippen LogP contribution < -0.4 is 11.1 Å². The van der Waals surface area contributed by atoms with Crippen molar-refractivity contribution in [3.8, 4) is 0 Å². The van der Waals surface area contributed by atoms with Crippen LogP contribution >= 0.6 is 0 Å². The Morgan fingerprint density at radius 2 is 2.14 bits per heavy atom. The zero-order valence-electron chi connectivity index (χ0n) is 12.2. The standard InChI is InChI=1S/C16H21N3O2/c1-10(11-4-6-21-7-5-11)18-16(20)15-9-12-8-13(17)2-3-14(12)19-15/h2-3,8-11,19H,4-7,17H2,1H3,(H,18,20). The van der Waals surface area contributed by atoms with Crippen LogP contribution in [-0.4, -0.2) is 30.1 Å². The van der Waals surface area contributed by atoms with Crippen molar-refractivity contribution in [3.05, 3.63) is 30.0 Å². The van der Waals surface area contributed by atoms with E-state index in [0.717, 1.165) is 37.0 Å². The summed E-state index contributed by atoms with van der Waals surface area (Å²) in [5.74, 6) is 0.423. The van der Waals surface area contributed by atoms with Gasteiger partial charge in [-0.15, -0.1) is 0 Å². The summed E-state index contributed by atoms with van der Waals surface area (Å²) in [5, 5.41) is 4.04. The van der Waals surface area contributed by atoms with E-state index in [0.29, 0.717) is 17.3 Å². The number of aromatic nitrogens is 1. The number of benzene rings is 1. The molecule has 0 bridgehead atoms. The van der Waals surface area contributed by atoms with Crippen molar-refractivity contribution >= 4 is 22.5 Å². The molecule has 1 aromatic heterocycles. The van der Waals surface area contributed by atoms with E-state index >= 15 is 0 Å². The van der Waals surface area contributed by atoms with Crippen LogP contribution in [0.2, 0.25) is 0 Å². The maximum absolute atomic E-state index is 12.3. The van der Waals surface area contributed by atoms with Gasteiger partial charge in [0.15, 0.2) is 0 Å². The molecular weight excluding hydrogens is 266 g/mol. The Morgan fingerprint density at radius 3 is 2.90 bits per heavy atom. The lowest BCUT2D eigenvalue weighted by molar-refractivity contribution is 0.0538. The van der Waals surface area contributed by atoms with E-state index in [1.807, 2.05) is 24.3 Å². The highest BCUT2D eigenvalue weighted by Crippen LogP contribution is 2.20. The van der Waals surface area contributed by atoms with Crippen molar-refractivity contribution in [1.29, 1.82) is 0 Å². The lowest BCUT2D eigenvalue weighted by Crippen LogP contribution is -2.40. The second-order valence-electron chi connectivity index (χ2n) is 5.74. The first-order valence-electron chi connectivity index (χ1n) is 7.40. The van der Waals surface area contributed by atoms with Crippen LogP contribution in [0.3, 0.4) is 0 Å². The highest BCUT2D eigenvalue weighted by atomic mass is 16.5. The maximum Gasteiger partial charge on any atom is 0.267 e. The summed E-state index contributed by atoms with van der Waals surface area (Å²) in [7, 11) is 0. The average Bonchev–Trinajstić information content (AvgIpc) is 2.91. The van der Waals surface area contributed by atoms with Gasteiger partial charge >= 0.3 is 0 Å². The number of nitrogens with two attached hydrogens (primary N) is 1. The van der Waals surface area contributed by atoms with Crippen LogP contribution in [0.1, 0.15) is 30.3 Å². The normalized spacial score (nSPS) is 17.8. The Balaban J connectivity index is 1.71. The molecule has 3 rings (SSSR count). The fraction of sp³-hybridized carbons (Fsp3) is 0.438. The number of rotatable bonds is 3. The van der Waals surface area contributed by atoms with Crippen molar-refractivity contribution in [2.75, 3.05) is 18.9 Å². The summed E-state index contributed by atoms with van der Waals surface area (Å²) in [4.78, 5) is 15.5. The first-order chi connectivity index (χ1) is 10.1. The monoisotopic (exact) mass is 287 g/mol. The molecule has 2 heterocycles. The molecule has 4 N–H and O–H groups in total. The minimum absolute atomic E-state index is 0.0660. The number of nitrogens with one attached hydrogen (secondary N) is 2. The predicted molar refractivity (Wildman–Crippen MR) is 83.2 cm³/mol. The lowest BCUT2D eigenvalue weighted by atomic mass is 9.93. The van der Waals surface area contributed by atoms with Gasteiger partial charge in [-0.1, -0.05) is 0 Å². The summed E-state index contributed by atoms with van der Waals surface area (Å²) in [6, 6.07) is 7.58. The molecule has 21 heavy (non-hydrogen) atoms. The number of aromatic amines is 1. The fourth-order valence-electron chi connectivity index (χ4n) is 2.89. The van der Waals surface area contributed by atoms with E-state index in [2.05, 4.69) is 17.2 Å². The summed E-state index contributed by atoms with van der Waals surface area (Å²) < 4.78 is 5.36. The predicted octanol–water partition coefficient (Wildman–Crippen LogP) is 2.30. The summed E-state index contributed by atoms with van der Waals surface area (Å²) in [5.41, 5.74) is 7.96. The van der Waals surface area contributed by atoms with Crippen LogP contribution in [-0.2, 0) is 4.74 Å². The minimum Gasteiger partial charge on any atom is -0.399 e. The number of hydrogen-bond donors (Lipinski definition) is 3. The highest BCUT2D eigenvalue weighted by molar-refractivity contribution is 5.98. The molecule has 2 aromatic rings. The molecule has 1 aliphatic heterocycles. The molecule has 0 radical (unpaired) electrons. The molecular formula is C16H21N3O2. The SMILES string of the molecule is CC(NC(=O)c1cc2cc(N)ccc2[nH]1)C1CCOCC1. The molecule has 1 saturated heterocycles. The quantitative estimate of drug-likeness (QED) is 0.758. The van der Waals surface area contributed by atoms with Gasteiger partial charge in [-0.05, 0) is 49.9 Å². The molecule has 5 nitrogen and oxygen atoms in total. The first-order valence-corrected chi connectivity index (χ1v) is 7.40. The molecule has 112 valence electrons. The topological polar surface area (TPSA) is 80.1 Å². The van der Waals surface area contributed by atoms with Gasteiger partial charge < -0.3 is 20.8 Å². The third-order valence-corrected chi connectivity index (χ3v) is 4.22. The third-order valence-electron chi connectivity index (χ3n) is 4.22. The lowest BCUT2D eigenvalue weighted by Gasteiger charge is -2.28. The van der Waals surface area contributed by atoms with Gasteiger partial charge in [0, 0.05) is 35.8 Å². The zero-order chi connectivity index (χ0) is 14.8. The van der Waals surface area contributed by atoms with Gasteiger partial charge in [-0.2, -0.15) is 0 Å². The van der Waals surface area contributed by atoms with Crippen LogP contribution in [0.4, 0.5) is 5.69 Å². The van der Waals surface area contributed by atoms with Gasteiger partial charge in [0.1, 0.15) is 5.69 Å². The van der Waals surface area contributed by atoms with Gasteiger partial charge in [-0.3, -0.25) is 4.79 Å². The number of ether oxygens (including phenoxy) is 1. The Bertz CT molecular complexity index is 644. The zero-order valence-corrected chi connectivity index (χ0v) is 12.2. The summed E-state index contributed by atoms with van der Waals surface area (Å²) in [6.45, 7) is 3.64. The first kappa shape index (κ1) is 13.9. The molecule has 0 spiro atoms. The molecule has 1 aromatic carbocycles. The van der Waals surface area contributed by atoms with Crippen LogP contribution in [0.15, 0.2) is 24.3 Å². The second-order valence-corrected chi connectivity index (χ2v) is 5.74. The molecule has 1 aliphatic rings. The van der Waals surface area contributed by atoms with Crippen molar-refractivity contribution in [1.82, 2.24) is 10.3 Å². The maximum atomic E-state index is 12.3. The van der Waals surface area contributed by atoms with E-state index in [1.54, 1.807) is 0 Å². The Morgan fingerprint density at radius 1 is 1.38 bits per heavy atom.